The number of carbonyl (C=O) groups is 1. The highest BCUT2D eigenvalue weighted by molar-refractivity contribution is 5.82. The number of nitrogen functional groups attached to an aromatic ring is 1. The average molecular weight is 313 g/mol. The largest absolute Gasteiger partial charge is 0.454 e. The summed E-state index contributed by atoms with van der Waals surface area (Å²) in [5.41, 5.74) is 8.45. The van der Waals surface area contributed by atoms with Crippen LogP contribution in [-0.2, 0) is 16.1 Å². The highest BCUT2D eigenvalue weighted by atomic mass is 16.5. The van der Waals surface area contributed by atoms with Crippen LogP contribution >= 0.6 is 0 Å². The van der Waals surface area contributed by atoms with E-state index in [-0.39, 0.29) is 18.4 Å². The summed E-state index contributed by atoms with van der Waals surface area (Å²) in [5, 5.41) is 3.08. The van der Waals surface area contributed by atoms with E-state index in [0.29, 0.717) is 5.95 Å². The van der Waals surface area contributed by atoms with E-state index in [1.807, 2.05) is 45.0 Å². The van der Waals surface area contributed by atoms with Crippen molar-refractivity contribution in [3.63, 3.8) is 0 Å². The van der Waals surface area contributed by atoms with Gasteiger partial charge in [0.05, 0.1) is 0 Å². The summed E-state index contributed by atoms with van der Waals surface area (Å²) in [5.74, 6) is 0.200. The van der Waals surface area contributed by atoms with Crippen LogP contribution in [0.3, 0.4) is 0 Å². The molecule has 120 valence electrons. The molecule has 0 aliphatic heterocycles. The van der Waals surface area contributed by atoms with Gasteiger partial charge in [-0.15, -0.1) is 0 Å². The molecule has 0 aliphatic carbocycles. The quantitative estimate of drug-likeness (QED) is 0.645. The van der Waals surface area contributed by atoms with Gasteiger partial charge < -0.3 is 15.8 Å². The standard InChI is InChI=1S/C16H19N5O2/c1-10(2)8-14(22)23-9-13-19-15(17)21-16(20-13)18-12-7-5-4-6-11(12)3/h4-8H,9H2,1-3H3,(H3,17,18,19,20,21). The molecular weight excluding hydrogens is 294 g/mol. The van der Waals surface area contributed by atoms with Gasteiger partial charge in [0.1, 0.15) is 0 Å². The summed E-state index contributed by atoms with van der Waals surface area (Å²) in [6.45, 7) is 5.52. The number of nitrogens with two attached hydrogens (primary N) is 1. The summed E-state index contributed by atoms with van der Waals surface area (Å²) < 4.78 is 5.07. The minimum atomic E-state index is -0.447. The first kappa shape index (κ1) is 16.4. The van der Waals surface area contributed by atoms with Crippen LogP contribution < -0.4 is 11.1 Å². The van der Waals surface area contributed by atoms with Crippen molar-refractivity contribution >= 4 is 23.6 Å². The van der Waals surface area contributed by atoms with Gasteiger partial charge in [0, 0.05) is 11.8 Å². The summed E-state index contributed by atoms with van der Waals surface area (Å²) in [6, 6.07) is 7.72. The predicted octanol–water partition coefficient (Wildman–Crippen LogP) is 2.52. The Morgan fingerprint density at radius 2 is 2.00 bits per heavy atom. The Morgan fingerprint density at radius 1 is 1.26 bits per heavy atom. The number of hydrogen-bond acceptors (Lipinski definition) is 7. The first-order valence-corrected chi connectivity index (χ1v) is 7.09. The van der Waals surface area contributed by atoms with Crippen molar-refractivity contribution in [1.29, 1.82) is 0 Å². The minimum Gasteiger partial charge on any atom is -0.454 e. The van der Waals surface area contributed by atoms with Crippen LogP contribution in [0, 0.1) is 6.92 Å². The van der Waals surface area contributed by atoms with Gasteiger partial charge in [0.25, 0.3) is 0 Å². The Morgan fingerprint density at radius 3 is 2.70 bits per heavy atom. The van der Waals surface area contributed by atoms with Crippen LogP contribution in [0.2, 0.25) is 0 Å². The lowest BCUT2D eigenvalue weighted by Crippen LogP contribution is -2.10. The molecule has 0 saturated heterocycles. The Kier molecular flexibility index (Phi) is 5.24. The van der Waals surface area contributed by atoms with E-state index in [4.69, 9.17) is 10.5 Å². The van der Waals surface area contributed by atoms with Crippen LogP contribution in [0.4, 0.5) is 17.6 Å². The molecule has 3 N–H and O–H groups in total. The Hall–Kier alpha value is -2.96. The van der Waals surface area contributed by atoms with Crippen LogP contribution in [0.1, 0.15) is 25.2 Å². The van der Waals surface area contributed by atoms with Gasteiger partial charge in [-0.1, -0.05) is 23.8 Å². The molecule has 0 radical (unpaired) electrons. The first-order valence-electron chi connectivity index (χ1n) is 7.09. The van der Waals surface area contributed by atoms with Crippen molar-refractivity contribution in [3.8, 4) is 0 Å². The number of nitrogens with zero attached hydrogens (tertiary/aromatic N) is 3. The second-order valence-corrected chi connectivity index (χ2v) is 5.20. The maximum atomic E-state index is 11.5. The lowest BCUT2D eigenvalue weighted by atomic mass is 10.2. The summed E-state index contributed by atoms with van der Waals surface area (Å²) in [6.07, 6.45) is 1.40. The predicted molar refractivity (Wildman–Crippen MR) is 87.9 cm³/mol. The third-order valence-electron chi connectivity index (χ3n) is 2.84. The molecule has 7 nitrogen and oxygen atoms in total. The van der Waals surface area contributed by atoms with E-state index in [9.17, 15) is 4.79 Å². The van der Waals surface area contributed by atoms with Gasteiger partial charge >= 0.3 is 5.97 Å². The Balaban J connectivity index is 2.11. The van der Waals surface area contributed by atoms with Crippen LogP contribution in [-0.4, -0.2) is 20.9 Å². The zero-order valence-electron chi connectivity index (χ0n) is 13.3. The molecule has 2 rings (SSSR count). The van der Waals surface area contributed by atoms with Gasteiger partial charge in [-0.05, 0) is 32.4 Å². The Bertz CT molecular complexity index is 739. The number of anilines is 3. The molecule has 0 unspecified atom stereocenters. The summed E-state index contributed by atoms with van der Waals surface area (Å²) in [4.78, 5) is 23.7. The normalized spacial score (nSPS) is 10.0. The molecule has 0 spiro atoms. The van der Waals surface area contributed by atoms with E-state index >= 15 is 0 Å². The van der Waals surface area contributed by atoms with Gasteiger partial charge in [-0.3, -0.25) is 0 Å². The number of hydrogen-bond donors (Lipinski definition) is 2. The topological polar surface area (TPSA) is 103 Å². The van der Waals surface area contributed by atoms with Crippen molar-refractivity contribution < 1.29 is 9.53 Å². The number of allylic oxidation sites excluding steroid dienone is 1. The number of nitrogens with one attached hydrogen (secondary N) is 1. The molecule has 0 atom stereocenters. The number of benzene rings is 1. The molecule has 2 aromatic rings. The highest BCUT2D eigenvalue weighted by Gasteiger charge is 2.08. The molecule has 0 bridgehead atoms. The number of rotatable bonds is 5. The molecular formula is C16H19N5O2. The van der Waals surface area contributed by atoms with Crippen LogP contribution in [0.25, 0.3) is 0 Å². The van der Waals surface area contributed by atoms with E-state index in [1.165, 1.54) is 6.08 Å². The van der Waals surface area contributed by atoms with E-state index in [1.54, 1.807) is 0 Å². The number of ether oxygens (including phenoxy) is 1. The SMILES string of the molecule is CC(C)=CC(=O)OCc1nc(N)nc(Nc2ccccc2C)n1. The average Bonchev–Trinajstić information content (AvgIpc) is 2.46. The number of carbonyl (C=O) groups excluding carboxylic acids is 1. The van der Waals surface area contributed by atoms with Gasteiger partial charge in [-0.25, -0.2) is 4.79 Å². The molecule has 1 heterocycles. The van der Waals surface area contributed by atoms with E-state index in [2.05, 4.69) is 20.3 Å². The molecule has 0 fully saturated rings. The molecule has 0 aliphatic rings. The van der Waals surface area contributed by atoms with Crippen molar-refractivity contribution in [2.45, 2.75) is 27.4 Å². The Labute approximate surface area is 134 Å². The highest BCUT2D eigenvalue weighted by Crippen LogP contribution is 2.17. The summed E-state index contributed by atoms with van der Waals surface area (Å²) >= 11 is 0. The van der Waals surface area contributed by atoms with Crippen molar-refractivity contribution in [2.75, 3.05) is 11.1 Å². The smallest absolute Gasteiger partial charge is 0.331 e. The minimum absolute atomic E-state index is 0.0596. The van der Waals surface area contributed by atoms with Gasteiger partial charge in [-0.2, -0.15) is 15.0 Å². The lowest BCUT2D eigenvalue weighted by Gasteiger charge is -2.09. The maximum absolute atomic E-state index is 11.5. The third-order valence-corrected chi connectivity index (χ3v) is 2.84. The molecule has 1 aromatic carbocycles. The van der Waals surface area contributed by atoms with Crippen molar-refractivity contribution in [2.24, 2.45) is 0 Å². The zero-order valence-corrected chi connectivity index (χ0v) is 13.3. The molecule has 7 heteroatoms. The van der Waals surface area contributed by atoms with Gasteiger partial charge in [0.2, 0.25) is 11.9 Å². The number of aryl methyl sites for hydroxylation is 1. The fourth-order valence-electron chi connectivity index (χ4n) is 1.81. The molecule has 0 saturated carbocycles. The van der Waals surface area contributed by atoms with Crippen molar-refractivity contribution in [3.05, 3.63) is 47.3 Å². The monoisotopic (exact) mass is 313 g/mol. The van der Waals surface area contributed by atoms with E-state index < -0.39 is 5.97 Å². The number of para-hydroxylation sites is 1. The lowest BCUT2D eigenvalue weighted by molar-refractivity contribution is -0.139. The molecule has 0 amide bonds. The van der Waals surface area contributed by atoms with E-state index in [0.717, 1.165) is 16.8 Å². The fourth-order valence-corrected chi connectivity index (χ4v) is 1.81. The number of aromatic nitrogens is 3. The fraction of sp³-hybridized carbons (Fsp3) is 0.250. The van der Waals surface area contributed by atoms with Crippen LogP contribution in [0.15, 0.2) is 35.9 Å². The van der Waals surface area contributed by atoms with Gasteiger partial charge in [0.15, 0.2) is 12.4 Å². The maximum Gasteiger partial charge on any atom is 0.331 e. The summed E-state index contributed by atoms with van der Waals surface area (Å²) in [7, 11) is 0. The second-order valence-electron chi connectivity index (χ2n) is 5.20. The number of esters is 1. The third kappa shape index (κ3) is 5.06. The first-order chi connectivity index (χ1) is 10.9. The zero-order chi connectivity index (χ0) is 16.8. The second kappa shape index (κ2) is 7.35. The molecule has 1 aromatic heterocycles. The van der Waals surface area contributed by atoms with Crippen molar-refractivity contribution in [1.82, 2.24) is 15.0 Å². The molecule has 23 heavy (non-hydrogen) atoms. The van der Waals surface area contributed by atoms with Crippen LogP contribution in [0.5, 0.6) is 0 Å².